The molecule has 0 bridgehead atoms. The zero-order valence-electron chi connectivity index (χ0n) is 12.1. The lowest BCUT2D eigenvalue weighted by molar-refractivity contribution is 0.0787. The van der Waals surface area contributed by atoms with Crippen molar-refractivity contribution < 1.29 is 9.90 Å². The van der Waals surface area contributed by atoms with Crippen molar-refractivity contribution in [1.82, 2.24) is 9.88 Å². The number of anilines is 2. The number of thiazole rings is 1. The molecule has 0 radical (unpaired) electrons. The Bertz CT molecular complexity index is 495. The monoisotopic (exact) mass is 298 g/mol. The molecule has 0 saturated carbocycles. The molecule has 1 unspecified atom stereocenters. The van der Waals surface area contributed by atoms with E-state index in [1.165, 1.54) is 11.3 Å². The second kappa shape index (κ2) is 5.57. The van der Waals surface area contributed by atoms with Gasteiger partial charge in [0.05, 0.1) is 0 Å². The Morgan fingerprint density at radius 2 is 2.30 bits per heavy atom. The van der Waals surface area contributed by atoms with Crippen LogP contribution in [0.2, 0.25) is 0 Å². The number of hydrogen-bond acceptors (Lipinski definition) is 6. The first-order chi connectivity index (χ1) is 9.30. The van der Waals surface area contributed by atoms with Gasteiger partial charge in [-0.2, -0.15) is 0 Å². The number of nitrogens with two attached hydrogens (primary N) is 1. The van der Waals surface area contributed by atoms with Crippen LogP contribution in [0.1, 0.15) is 36.9 Å². The van der Waals surface area contributed by atoms with Gasteiger partial charge in [0.25, 0.3) is 5.91 Å². The van der Waals surface area contributed by atoms with Crippen LogP contribution < -0.4 is 11.1 Å². The molecule has 1 aliphatic rings. The molecule has 1 fully saturated rings. The Balaban J connectivity index is 2.11. The van der Waals surface area contributed by atoms with E-state index in [0.29, 0.717) is 23.1 Å². The van der Waals surface area contributed by atoms with E-state index >= 15 is 0 Å². The van der Waals surface area contributed by atoms with E-state index in [2.05, 4.69) is 10.3 Å². The molecular weight excluding hydrogens is 276 g/mol. The average Bonchev–Trinajstić information content (AvgIpc) is 2.93. The normalized spacial score (nSPS) is 19.4. The molecule has 2 rings (SSSR count). The molecule has 1 amide bonds. The summed E-state index contributed by atoms with van der Waals surface area (Å²) in [5.74, 6) is 0.373. The van der Waals surface area contributed by atoms with Crippen LogP contribution in [0, 0.1) is 5.92 Å². The van der Waals surface area contributed by atoms with Gasteiger partial charge in [-0.1, -0.05) is 11.3 Å². The lowest BCUT2D eigenvalue weighted by Crippen LogP contribution is -2.29. The van der Waals surface area contributed by atoms with Crippen molar-refractivity contribution in [2.45, 2.75) is 32.7 Å². The van der Waals surface area contributed by atoms with Crippen LogP contribution in [-0.2, 0) is 0 Å². The molecule has 1 aromatic rings. The van der Waals surface area contributed by atoms with Crippen molar-refractivity contribution in [2.75, 3.05) is 30.7 Å². The Labute approximate surface area is 123 Å². The molecule has 1 saturated heterocycles. The molecule has 1 aliphatic heterocycles. The third-order valence-electron chi connectivity index (χ3n) is 3.16. The highest BCUT2D eigenvalue weighted by atomic mass is 32.1. The van der Waals surface area contributed by atoms with Crippen LogP contribution in [0.25, 0.3) is 0 Å². The van der Waals surface area contributed by atoms with Gasteiger partial charge in [0.15, 0.2) is 5.13 Å². The van der Waals surface area contributed by atoms with Gasteiger partial charge in [0, 0.05) is 31.2 Å². The SMILES string of the molecule is CC(C)(C)Nc1nc(N)c(C(=O)N2CCC(CO)C2)s1. The second-order valence-electron chi connectivity index (χ2n) is 6.20. The highest BCUT2D eigenvalue weighted by Crippen LogP contribution is 2.29. The summed E-state index contributed by atoms with van der Waals surface area (Å²) in [4.78, 5) is 18.9. The van der Waals surface area contributed by atoms with E-state index < -0.39 is 0 Å². The van der Waals surface area contributed by atoms with E-state index in [1.54, 1.807) is 4.90 Å². The van der Waals surface area contributed by atoms with E-state index in [1.807, 2.05) is 20.8 Å². The van der Waals surface area contributed by atoms with Crippen molar-refractivity contribution in [1.29, 1.82) is 0 Å². The maximum absolute atomic E-state index is 12.4. The van der Waals surface area contributed by atoms with Crippen molar-refractivity contribution in [3.8, 4) is 0 Å². The lowest BCUT2D eigenvalue weighted by atomic mass is 10.1. The van der Waals surface area contributed by atoms with Crippen LogP contribution in [0.15, 0.2) is 0 Å². The highest BCUT2D eigenvalue weighted by Gasteiger charge is 2.29. The summed E-state index contributed by atoms with van der Waals surface area (Å²) in [6.07, 6.45) is 0.841. The molecular formula is C13H22N4O2S. The molecule has 7 heteroatoms. The second-order valence-corrected chi connectivity index (χ2v) is 7.20. The minimum absolute atomic E-state index is 0.0853. The number of nitrogen functional groups attached to an aromatic ring is 1. The maximum atomic E-state index is 12.4. The number of carbonyl (C=O) groups is 1. The number of carbonyl (C=O) groups excluding carboxylic acids is 1. The number of aliphatic hydroxyl groups excluding tert-OH is 1. The first-order valence-electron chi connectivity index (χ1n) is 6.75. The molecule has 0 spiro atoms. The molecule has 112 valence electrons. The average molecular weight is 298 g/mol. The third kappa shape index (κ3) is 3.40. The highest BCUT2D eigenvalue weighted by molar-refractivity contribution is 7.18. The molecule has 20 heavy (non-hydrogen) atoms. The largest absolute Gasteiger partial charge is 0.396 e. The predicted octanol–water partition coefficient (Wildman–Crippen LogP) is 1.39. The van der Waals surface area contributed by atoms with Gasteiger partial charge in [0.2, 0.25) is 0 Å². The fourth-order valence-corrected chi connectivity index (χ4v) is 3.23. The maximum Gasteiger partial charge on any atom is 0.267 e. The van der Waals surface area contributed by atoms with E-state index in [4.69, 9.17) is 10.8 Å². The van der Waals surface area contributed by atoms with Crippen LogP contribution in [0.4, 0.5) is 10.9 Å². The Kier molecular flexibility index (Phi) is 4.19. The standard InChI is InChI=1S/C13H22N4O2S/c1-13(2,3)16-12-15-10(14)9(20-12)11(19)17-5-4-8(6-17)7-18/h8,18H,4-7,14H2,1-3H3,(H,15,16). The topological polar surface area (TPSA) is 91.5 Å². The number of nitrogens with one attached hydrogen (secondary N) is 1. The summed E-state index contributed by atoms with van der Waals surface area (Å²) < 4.78 is 0. The Morgan fingerprint density at radius 3 is 2.85 bits per heavy atom. The van der Waals surface area contributed by atoms with E-state index in [9.17, 15) is 4.79 Å². The number of nitrogens with zero attached hydrogens (tertiary/aromatic N) is 2. The van der Waals surface area contributed by atoms with Crippen molar-refractivity contribution in [3.05, 3.63) is 4.88 Å². The molecule has 1 aromatic heterocycles. The molecule has 0 aliphatic carbocycles. The Hall–Kier alpha value is -1.34. The minimum atomic E-state index is -0.125. The third-order valence-corrected chi connectivity index (χ3v) is 4.14. The zero-order valence-corrected chi connectivity index (χ0v) is 13.0. The quantitative estimate of drug-likeness (QED) is 0.784. The van der Waals surface area contributed by atoms with Gasteiger partial charge < -0.3 is 21.1 Å². The first kappa shape index (κ1) is 15.1. The van der Waals surface area contributed by atoms with Crippen LogP contribution in [0.3, 0.4) is 0 Å². The molecule has 4 N–H and O–H groups in total. The summed E-state index contributed by atoms with van der Waals surface area (Å²) in [7, 11) is 0. The molecule has 2 heterocycles. The van der Waals surface area contributed by atoms with Gasteiger partial charge in [0.1, 0.15) is 10.7 Å². The number of aromatic nitrogens is 1. The van der Waals surface area contributed by atoms with Crippen molar-refractivity contribution >= 4 is 28.2 Å². The first-order valence-corrected chi connectivity index (χ1v) is 7.56. The van der Waals surface area contributed by atoms with Crippen molar-refractivity contribution in [3.63, 3.8) is 0 Å². The zero-order chi connectivity index (χ0) is 14.9. The minimum Gasteiger partial charge on any atom is -0.396 e. The van der Waals surface area contributed by atoms with Crippen LogP contribution in [0.5, 0.6) is 0 Å². The fraction of sp³-hybridized carbons (Fsp3) is 0.692. The van der Waals surface area contributed by atoms with Crippen LogP contribution >= 0.6 is 11.3 Å². The fourth-order valence-electron chi connectivity index (χ4n) is 2.17. The van der Waals surface area contributed by atoms with Gasteiger partial charge in [-0.3, -0.25) is 4.79 Å². The predicted molar refractivity (Wildman–Crippen MR) is 81.0 cm³/mol. The van der Waals surface area contributed by atoms with Gasteiger partial charge in [-0.25, -0.2) is 4.98 Å². The Morgan fingerprint density at radius 1 is 1.60 bits per heavy atom. The van der Waals surface area contributed by atoms with E-state index in [-0.39, 0.29) is 29.8 Å². The number of rotatable bonds is 3. The number of hydrogen-bond donors (Lipinski definition) is 3. The summed E-state index contributed by atoms with van der Waals surface area (Å²) in [6.45, 7) is 7.46. The van der Waals surface area contributed by atoms with Gasteiger partial charge in [-0.15, -0.1) is 0 Å². The van der Waals surface area contributed by atoms with Gasteiger partial charge >= 0.3 is 0 Å². The number of amides is 1. The molecule has 6 nitrogen and oxygen atoms in total. The molecule has 1 atom stereocenters. The van der Waals surface area contributed by atoms with E-state index in [0.717, 1.165) is 6.42 Å². The summed E-state index contributed by atoms with van der Waals surface area (Å²) in [6, 6.07) is 0. The summed E-state index contributed by atoms with van der Waals surface area (Å²) in [5.41, 5.74) is 5.73. The summed E-state index contributed by atoms with van der Waals surface area (Å²) in [5, 5.41) is 13.0. The number of likely N-dealkylation sites (tertiary alicyclic amines) is 1. The smallest absolute Gasteiger partial charge is 0.267 e. The van der Waals surface area contributed by atoms with Gasteiger partial charge in [-0.05, 0) is 27.2 Å². The summed E-state index contributed by atoms with van der Waals surface area (Å²) >= 11 is 1.29. The van der Waals surface area contributed by atoms with Crippen LogP contribution in [-0.4, -0.2) is 46.1 Å². The number of aliphatic hydroxyl groups is 1. The van der Waals surface area contributed by atoms with Crippen molar-refractivity contribution in [2.24, 2.45) is 5.92 Å². The lowest BCUT2D eigenvalue weighted by Gasteiger charge is -2.19. The molecule has 0 aromatic carbocycles.